The Bertz CT molecular complexity index is 553. The summed E-state index contributed by atoms with van der Waals surface area (Å²) in [4.78, 5) is 15.7. The van der Waals surface area contributed by atoms with Crippen molar-refractivity contribution in [2.75, 3.05) is 12.0 Å². The molecule has 0 bridgehead atoms. The van der Waals surface area contributed by atoms with E-state index in [0.717, 1.165) is 5.69 Å². The van der Waals surface area contributed by atoms with E-state index in [1.165, 1.54) is 37.0 Å². The highest BCUT2D eigenvalue weighted by molar-refractivity contribution is 8.01. The van der Waals surface area contributed by atoms with Crippen molar-refractivity contribution < 1.29 is 9.53 Å². The van der Waals surface area contributed by atoms with E-state index in [4.69, 9.17) is 4.74 Å². The third-order valence-electron chi connectivity index (χ3n) is 4.98. The van der Waals surface area contributed by atoms with Crippen molar-refractivity contribution in [3.05, 3.63) is 24.3 Å². The van der Waals surface area contributed by atoms with Crippen LogP contribution >= 0.6 is 11.8 Å². The molecule has 20 heavy (non-hydrogen) atoms. The number of fused-ring (bicyclic) bond motifs is 4. The van der Waals surface area contributed by atoms with Gasteiger partial charge in [-0.1, -0.05) is 31.4 Å². The average Bonchev–Trinajstić information content (AvgIpc) is 2.47. The first-order chi connectivity index (χ1) is 9.77. The standard InChI is InChI=1S/C16H19NO2S/c1-19-13-14-16(9-5-2-6-10-16)20-12-8-4-3-7-11(12)17(14)15(13)18/h3-4,7-8,13-14H,2,5-6,9-10H2,1H3/t13-,14+/m0/s1. The van der Waals surface area contributed by atoms with Gasteiger partial charge in [0.05, 0.1) is 11.7 Å². The van der Waals surface area contributed by atoms with Crippen molar-refractivity contribution in [2.24, 2.45) is 0 Å². The highest BCUT2D eigenvalue weighted by Gasteiger charge is 2.61. The van der Waals surface area contributed by atoms with Gasteiger partial charge in [-0.25, -0.2) is 0 Å². The Hall–Kier alpha value is -1.00. The lowest BCUT2D eigenvalue weighted by Crippen LogP contribution is -2.74. The third-order valence-corrected chi connectivity index (χ3v) is 6.60. The maximum absolute atomic E-state index is 12.4. The van der Waals surface area contributed by atoms with Gasteiger partial charge in [0.1, 0.15) is 0 Å². The van der Waals surface area contributed by atoms with Gasteiger partial charge in [-0.05, 0) is 25.0 Å². The Labute approximate surface area is 123 Å². The third kappa shape index (κ3) is 1.55. The molecule has 2 heterocycles. The summed E-state index contributed by atoms with van der Waals surface area (Å²) >= 11 is 1.99. The van der Waals surface area contributed by atoms with Crippen LogP contribution in [0.15, 0.2) is 29.2 Å². The molecule has 0 unspecified atom stereocenters. The number of ether oxygens (including phenoxy) is 1. The maximum Gasteiger partial charge on any atom is 0.258 e. The van der Waals surface area contributed by atoms with Crippen LogP contribution < -0.4 is 4.90 Å². The number of benzene rings is 1. The van der Waals surface area contributed by atoms with Crippen LogP contribution in [-0.2, 0) is 9.53 Å². The van der Waals surface area contributed by atoms with Crippen LogP contribution in [0.1, 0.15) is 32.1 Å². The number of carbonyl (C=O) groups is 1. The van der Waals surface area contributed by atoms with Gasteiger partial charge in [0, 0.05) is 16.8 Å². The number of methoxy groups -OCH3 is 1. The molecule has 0 radical (unpaired) electrons. The van der Waals surface area contributed by atoms with E-state index in [1.807, 2.05) is 22.7 Å². The smallest absolute Gasteiger partial charge is 0.258 e. The minimum Gasteiger partial charge on any atom is -0.369 e. The molecule has 2 atom stereocenters. The molecule has 1 spiro atoms. The minimum absolute atomic E-state index is 0.134. The summed E-state index contributed by atoms with van der Waals surface area (Å²) in [5.41, 5.74) is 1.08. The number of β-lactam (4-membered cyclic amide) rings is 1. The van der Waals surface area contributed by atoms with Crippen molar-refractivity contribution >= 4 is 23.4 Å². The SMILES string of the molecule is CO[C@@H]1C(=O)N2c3ccccc3SC3(CCCCC3)[C@@H]12. The number of para-hydroxylation sites is 1. The fourth-order valence-corrected chi connectivity index (χ4v) is 5.74. The van der Waals surface area contributed by atoms with Crippen LogP contribution in [0.5, 0.6) is 0 Å². The van der Waals surface area contributed by atoms with Crippen molar-refractivity contribution in [3.63, 3.8) is 0 Å². The summed E-state index contributed by atoms with van der Waals surface area (Å²) < 4.78 is 5.67. The summed E-state index contributed by atoms with van der Waals surface area (Å²) in [6.45, 7) is 0. The Morgan fingerprint density at radius 2 is 2.00 bits per heavy atom. The number of nitrogens with zero attached hydrogens (tertiary/aromatic N) is 1. The Morgan fingerprint density at radius 3 is 2.75 bits per heavy atom. The quantitative estimate of drug-likeness (QED) is 0.743. The summed E-state index contributed by atoms with van der Waals surface area (Å²) in [6, 6.07) is 8.53. The molecule has 1 aliphatic carbocycles. The van der Waals surface area contributed by atoms with E-state index in [9.17, 15) is 4.79 Å². The van der Waals surface area contributed by atoms with E-state index < -0.39 is 0 Å². The molecule has 1 amide bonds. The zero-order valence-electron chi connectivity index (χ0n) is 11.7. The molecule has 1 aromatic carbocycles. The van der Waals surface area contributed by atoms with Crippen LogP contribution in [0.4, 0.5) is 5.69 Å². The van der Waals surface area contributed by atoms with Crippen LogP contribution in [-0.4, -0.2) is 29.9 Å². The summed E-state index contributed by atoms with van der Waals surface area (Å²) in [5.74, 6) is 0.134. The number of rotatable bonds is 1. The fraction of sp³-hybridized carbons (Fsp3) is 0.562. The Balaban J connectivity index is 1.81. The van der Waals surface area contributed by atoms with Crippen LogP contribution in [0.2, 0.25) is 0 Å². The number of carbonyl (C=O) groups excluding carboxylic acids is 1. The van der Waals surface area contributed by atoms with Gasteiger partial charge in [0.15, 0.2) is 6.10 Å². The van der Waals surface area contributed by atoms with Crippen LogP contribution in [0, 0.1) is 0 Å². The Morgan fingerprint density at radius 1 is 1.25 bits per heavy atom. The molecule has 4 heteroatoms. The van der Waals surface area contributed by atoms with E-state index in [2.05, 4.69) is 18.2 Å². The summed E-state index contributed by atoms with van der Waals surface area (Å²) in [7, 11) is 1.67. The number of anilines is 1. The molecule has 3 nitrogen and oxygen atoms in total. The largest absolute Gasteiger partial charge is 0.369 e. The van der Waals surface area contributed by atoms with E-state index in [1.54, 1.807) is 7.11 Å². The molecule has 1 saturated heterocycles. The van der Waals surface area contributed by atoms with Crippen molar-refractivity contribution in [1.82, 2.24) is 0 Å². The maximum atomic E-state index is 12.4. The average molecular weight is 289 g/mol. The second-order valence-electron chi connectivity index (χ2n) is 6.00. The van der Waals surface area contributed by atoms with E-state index in [-0.39, 0.29) is 22.8 Å². The minimum atomic E-state index is -0.242. The predicted octanol–water partition coefficient (Wildman–Crippen LogP) is 3.23. The van der Waals surface area contributed by atoms with Crippen molar-refractivity contribution in [3.8, 4) is 0 Å². The first-order valence-electron chi connectivity index (χ1n) is 7.41. The van der Waals surface area contributed by atoms with Gasteiger partial charge in [0.2, 0.25) is 0 Å². The summed E-state index contributed by atoms with van der Waals surface area (Å²) in [5, 5.41) is 0. The molecule has 2 fully saturated rings. The molecule has 106 valence electrons. The topological polar surface area (TPSA) is 29.5 Å². The normalized spacial score (nSPS) is 30.6. The monoisotopic (exact) mass is 289 g/mol. The lowest BCUT2D eigenvalue weighted by molar-refractivity contribution is -0.141. The molecule has 1 saturated carbocycles. The number of hydrogen-bond acceptors (Lipinski definition) is 3. The zero-order chi connectivity index (χ0) is 13.7. The second kappa shape index (κ2) is 4.50. The van der Waals surface area contributed by atoms with Crippen molar-refractivity contribution in [2.45, 2.75) is 53.9 Å². The van der Waals surface area contributed by atoms with Crippen LogP contribution in [0.25, 0.3) is 0 Å². The lowest BCUT2D eigenvalue weighted by Gasteiger charge is -2.59. The Kier molecular flexibility index (Phi) is 2.86. The van der Waals surface area contributed by atoms with Gasteiger partial charge in [-0.2, -0.15) is 0 Å². The molecular formula is C16H19NO2S. The first-order valence-corrected chi connectivity index (χ1v) is 8.22. The highest BCUT2D eigenvalue weighted by atomic mass is 32.2. The first kappa shape index (κ1) is 12.7. The lowest BCUT2D eigenvalue weighted by atomic mass is 9.75. The predicted molar refractivity (Wildman–Crippen MR) is 80.2 cm³/mol. The van der Waals surface area contributed by atoms with Gasteiger partial charge >= 0.3 is 0 Å². The van der Waals surface area contributed by atoms with Gasteiger partial charge in [-0.15, -0.1) is 11.8 Å². The van der Waals surface area contributed by atoms with Crippen LogP contribution in [0.3, 0.4) is 0 Å². The molecule has 3 aliphatic rings. The van der Waals surface area contributed by atoms with E-state index >= 15 is 0 Å². The molecular weight excluding hydrogens is 270 g/mol. The highest BCUT2D eigenvalue weighted by Crippen LogP contribution is 2.58. The second-order valence-corrected chi connectivity index (χ2v) is 7.46. The van der Waals surface area contributed by atoms with E-state index in [0.29, 0.717) is 0 Å². The number of thioether (sulfide) groups is 1. The molecule has 0 N–H and O–H groups in total. The fourth-order valence-electron chi connectivity index (χ4n) is 4.04. The molecule has 4 rings (SSSR count). The molecule has 1 aromatic rings. The number of hydrogen-bond donors (Lipinski definition) is 0. The number of amides is 1. The zero-order valence-corrected chi connectivity index (χ0v) is 12.5. The van der Waals surface area contributed by atoms with Gasteiger partial charge < -0.3 is 9.64 Å². The van der Waals surface area contributed by atoms with Gasteiger partial charge in [0.25, 0.3) is 5.91 Å². The van der Waals surface area contributed by atoms with Crippen molar-refractivity contribution in [1.29, 1.82) is 0 Å². The molecule has 2 aliphatic heterocycles. The summed E-state index contributed by atoms with van der Waals surface area (Å²) in [6.07, 6.45) is 6.01. The molecule has 0 aromatic heterocycles. The van der Waals surface area contributed by atoms with Gasteiger partial charge in [-0.3, -0.25) is 4.79 Å².